The van der Waals surface area contributed by atoms with Gasteiger partial charge in [0.15, 0.2) is 9.84 Å². The molecular weight excluding hydrogens is 490 g/mol. The van der Waals surface area contributed by atoms with E-state index in [0.717, 1.165) is 5.39 Å². The number of sulfonamides is 1. The third-order valence-electron chi connectivity index (χ3n) is 5.94. The lowest BCUT2D eigenvalue weighted by molar-refractivity contribution is -0.143. The van der Waals surface area contributed by atoms with Crippen LogP contribution in [-0.2, 0) is 29.4 Å². The van der Waals surface area contributed by atoms with Crippen molar-refractivity contribution in [3.8, 4) is 0 Å². The van der Waals surface area contributed by atoms with Gasteiger partial charge in [0.05, 0.1) is 22.9 Å². The van der Waals surface area contributed by atoms with Crippen molar-refractivity contribution in [3.63, 3.8) is 0 Å². The number of benzene rings is 2. The molecule has 2 aromatic rings. The second-order valence-electron chi connectivity index (χ2n) is 8.26. The van der Waals surface area contributed by atoms with Crippen LogP contribution in [0, 0.1) is 0 Å². The number of nitrogens with zero attached hydrogens (tertiary/aromatic N) is 2. The number of halogens is 1. The second-order valence-corrected chi connectivity index (χ2v) is 12.7. The molecule has 4 rings (SSSR count). The molecule has 2 heterocycles. The van der Waals surface area contributed by atoms with Gasteiger partial charge in [-0.3, -0.25) is 9.59 Å². The molecule has 0 aromatic heterocycles. The van der Waals surface area contributed by atoms with Crippen LogP contribution in [0.1, 0.15) is 12.8 Å². The molecule has 2 saturated heterocycles. The van der Waals surface area contributed by atoms with Crippen LogP contribution in [0.5, 0.6) is 0 Å². The van der Waals surface area contributed by atoms with E-state index in [1.165, 1.54) is 21.9 Å². The van der Waals surface area contributed by atoms with Gasteiger partial charge in [0.25, 0.3) is 0 Å². The number of fused-ring (bicyclic) bond motifs is 1. The highest BCUT2D eigenvalue weighted by atomic mass is 35.5. The van der Waals surface area contributed by atoms with Crippen molar-refractivity contribution >= 4 is 54.0 Å². The summed E-state index contributed by atoms with van der Waals surface area (Å²) in [6.07, 6.45) is 0.866. The molecule has 12 heteroatoms. The summed E-state index contributed by atoms with van der Waals surface area (Å²) in [4.78, 5) is 28.3. The molecule has 0 radical (unpaired) electrons. The van der Waals surface area contributed by atoms with Crippen LogP contribution in [0.4, 0.5) is 0 Å². The number of sulfone groups is 1. The fourth-order valence-electron chi connectivity index (χ4n) is 4.05. The number of hydrogen-bond acceptors (Lipinski definition) is 6. The minimum atomic E-state index is -3.97. The van der Waals surface area contributed by atoms with E-state index < -0.39 is 31.8 Å². The van der Waals surface area contributed by atoms with E-state index in [1.807, 2.05) is 0 Å². The molecule has 2 amide bonds. The Labute approximate surface area is 197 Å². The molecule has 2 aliphatic rings. The van der Waals surface area contributed by atoms with Gasteiger partial charge in [-0.2, -0.15) is 4.72 Å². The summed E-state index contributed by atoms with van der Waals surface area (Å²) in [5, 5.41) is 2.04. The lowest BCUT2D eigenvalue weighted by Gasteiger charge is -2.34. The zero-order valence-corrected chi connectivity index (χ0v) is 20.1. The molecule has 2 aliphatic heterocycles. The van der Waals surface area contributed by atoms with Crippen LogP contribution in [-0.4, -0.2) is 82.2 Å². The lowest BCUT2D eigenvalue weighted by atomic mass is 10.1. The minimum Gasteiger partial charge on any atom is -0.339 e. The monoisotopic (exact) mass is 513 g/mol. The molecule has 2 fully saturated rings. The predicted molar refractivity (Wildman–Crippen MR) is 124 cm³/mol. The summed E-state index contributed by atoms with van der Waals surface area (Å²) < 4.78 is 51.5. The maximum absolute atomic E-state index is 13.0. The van der Waals surface area contributed by atoms with E-state index >= 15 is 0 Å². The van der Waals surface area contributed by atoms with Gasteiger partial charge in [-0.05, 0) is 47.9 Å². The molecule has 0 spiro atoms. The maximum Gasteiger partial charge on any atom is 0.242 e. The van der Waals surface area contributed by atoms with Crippen LogP contribution >= 0.6 is 11.6 Å². The lowest BCUT2D eigenvalue weighted by Crippen LogP contribution is -2.55. The van der Waals surface area contributed by atoms with Crippen LogP contribution in [0.3, 0.4) is 0 Å². The van der Waals surface area contributed by atoms with Crippen molar-refractivity contribution in [2.45, 2.75) is 23.8 Å². The largest absolute Gasteiger partial charge is 0.339 e. The average Bonchev–Trinajstić information content (AvgIpc) is 2.75. The zero-order valence-electron chi connectivity index (χ0n) is 17.7. The Morgan fingerprint density at radius 2 is 1.73 bits per heavy atom. The van der Waals surface area contributed by atoms with Gasteiger partial charge in [0, 0.05) is 24.7 Å². The van der Waals surface area contributed by atoms with E-state index in [9.17, 15) is 26.4 Å². The average molecular weight is 514 g/mol. The van der Waals surface area contributed by atoms with Gasteiger partial charge >= 0.3 is 0 Å². The van der Waals surface area contributed by atoms with Crippen molar-refractivity contribution in [2.24, 2.45) is 0 Å². The molecule has 0 bridgehead atoms. The van der Waals surface area contributed by atoms with Gasteiger partial charge < -0.3 is 9.80 Å². The van der Waals surface area contributed by atoms with Gasteiger partial charge in [-0.1, -0.05) is 23.7 Å². The Morgan fingerprint density at radius 3 is 2.45 bits per heavy atom. The standard InChI is InChI=1S/C21H24ClN3O6S2/c22-17-5-3-16-13-18(6-4-15(16)12-17)33(30,31)23-19-2-1-7-25(21(19)27)14-20(26)24-8-10-32(28,29)11-9-24/h3-6,12-13,19,23H,1-2,7-11,14H2/t19-/m0/s1. The highest BCUT2D eigenvalue weighted by molar-refractivity contribution is 7.91. The Kier molecular flexibility index (Phi) is 6.68. The fraction of sp³-hybridized carbons (Fsp3) is 0.429. The number of carbonyl (C=O) groups excluding carboxylic acids is 2. The number of piperidine rings is 1. The summed E-state index contributed by atoms with van der Waals surface area (Å²) in [7, 11) is -7.09. The molecule has 2 aromatic carbocycles. The SMILES string of the molecule is O=C(CN1CCC[C@H](NS(=O)(=O)c2ccc3cc(Cl)ccc3c2)C1=O)N1CCS(=O)(=O)CC1. The third kappa shape index (κ3) is 5.48. The number of amides is 2. The Balaban J connectivity index is 1.43. The molecule has 0 saturated carbocycles. The smallest absolute Gasteiger partial charge is 0.242 e. The van der Waals surface area contributed by atoms with Gasteiger partial charge in [0.2, 0.25) is 21.8 Å². The van der Waals surface area contributed by atoms with Crippen molar-refractivity contribution in [3.05, 3.63) is 41.4 Å². The van der Waals surface area contributed by atoms with E-state index in [2.05, 4.69) is 4.72 Å². The second kappa shape index (κ2) is 9.21. The Hall–Kier alpha value is -2.21. The Morgan fingerprint density at radius 1 is 1.06 bits per heavy atom. The van der Waals surface area contributed by atoms with E-state index in [0.29, 0.717) is 29.8 Å². The van der Waals surface area contributed by atoms with Gasteiger partial charge in [-0.15, -0.1) is 0 Å². The third-order valence-corrected chi connectivity index (χ3v) is 9.25. The molecule has 33 heavy (non-hydrogen) atoms. The highest BCUT2D eigenvalue weighted by Crippen LogP contribution is 2.23. The summed E-state index contributed by atoms with van der Waals surface area (Å²) >= 11 is 5.98. The van der Waals surface area contributed by atoms with E-state index in [-0.39, 0.29) is 41.9 Å². The van der Waals surface area contributed by atoms with E-state index in [1.54, 1.807) is 24.3 Å². The summed E-state index contributed by atoms with van der Waals surface area (Å²) in [5.74, 6) is -0.981. The van der Waals surface area contributed by atoms with Crippen molar-refractivity contribution < 1.29 is 26.4 Å². The first-order valence-electron chi connectivity index (χ1n) is 10.5. The number of rotatable bonds is 5. The Bertz CT molecular complexity index is 1300. The van der Waals surface area contributed by atoms with Crippen molar-refractivity contribution in [1.82, 2.24) is 14.5 Å². The van der Waals surface area contributed by atoms with Gasteiger partial charge in [-0.25, -0.2) is 16.8 Å². The molecule has 0 unspecified atom stereocenters. The maximum atomic E-state index is 13.0. The first-order valence-corrected chi connectivity index (χ1v) is 14.2. The zero-order chi connectivity index (χ0) is 23.8. The first-order chi connectivity index (χ1) is 15.5. The van der Waals surface area contributed by atoms with E-state index in [4.69, 9.17) is 11.6 Å². The van der Waals surface area contributed by atoms with Gasteiger partial charge in [0.1, 0.15) is 6.04 Å². The summed E-state index contributed by atoms with van der Waals surface area (Å²) in [6, 6.07) is 8.79. The topological polar surface area (TPSA) is 121 Å². The minimum absolute atomic E-state index is 0.0350. The normalized spacial score (nSPS) is 21.4. The molecule has 178 valence electrons. The molecular formula is C21H24ClN3O6S2. The quantitative estimate of drug-likeness (QED) is 0.637. The highest BCUT2D eigenvalue weighted by Gasteiger charge is 2.34. The van der Waals surface area contributed by atoms with Crippen LogP contribution in [0.15, 0.2) is 41.3 Å². The van der Waals surface area contributed by atoms with Crippen LogP contribution in [0.25, 0.3) is 10.8 Å². The predicted octanol–water partition coefficient (Wildman–Crippen LogP) is 1.02. The summed E-state index contributed by atoms with van der Waals surface area (Å²) in [6.45, 7) is 0.346. The van der Waals surface area contributed by atoms with Crippen LogP contribution in [0.2, 0.25) is 5.02 Å². The number of carbonyl (C=O) groups is 2. The number of likely N-dealkylation sites (tertiary alicyclic amines) is 1. The number of nitrogens with one attached hydrogen (secondary N) is 1. The molecule has 1 N–H and O–H groups in total. The fourth-order valence-corrected chi connectivity index (χ4v) is 6.69. The van der Waals surface area contributed by atoms with Crippen molar-refractivity contribution in [2.75, 3.05) is 37.7 Å². The molecule has 9 nitrogen and oxygen atoms in total. The van der Waals surface area contributed by atoms with Crippen molar-refractivity contribution in [1.29, 1.82) is 0 Å². The van der Waals surface area contributed by atoms with Crippen LogP contribution < -0.4 is 4.72 Å². The number of hydrogen-bond donors (Lipinski definition) is 1. The molecule has 1 atom stereocenters. The summed E-state index contributed by atoms with van der Waals surface area (Å²) in [5.41, 5.74) is 0. The first kappa shape index (κ1) is 23.9. The molecule has 0 aliphatic carbocycles.